The molecule has 0 N–H and O–H groups in total. The molecule has 0 radical (unpaired) electrons. The largest absolute Gasteiger partial charge is 0.460 e. The highest BCUT2D eigenvalue weighted by atomic mass is 16.6. The number of carbonyl (C=O) groups excluding carboxylic acids is 6. The van der Waals surface area contributed by atoms with Crippen molar-refractivity contribution >= 4 is 35.8 Å². The zero-order valence-electron chi connectivity index (χ0n) is 72.1. The summed E-state index contributed by atoms with van der Waals surface area (Å²) >= 11 is 0. The lowest BCUT2D eigenvalue weighted by Crippen LogP contribution is -2.51. The van der Waals surface area contributed by atoms with Crippen LogP contribution in [0.25, 0.3) is 0 Å². The van der Waals surface area contributed by atoms with E-state index in [-0.39, 0.29) is 35.8 Å². The second-order valence-electron chi connectivity index (χ2n) is 29.3. The fourth-order valence-electron chi connectivity index (χ4n) is 12.5. The van der Waals surface area contributed by atoms with Crippen LogP contribution in [0.4, 0.5) is 0 Å². The Hall–Kier alpha value is -3.42. The fourth-order valence-corrected chi connectivity index (χ4v) is 12.5. The molecule has 0 aromatic heterocycles. The molecule has 18 nitrogen and oxygen atoms in total. The molecular weight excluding hydrogens is 1270 g/mol. The van der Waals surface area contributed by atoms with Gasteiger partial charge in [-0.3, -0.25) is 28.8 Å². The van der Waals surface area contributed by atoms with Crippen molar-refractivity contribution in [3.8, 4) is 0 Å². The van der Waals surface area contributed by atoms with Gasteiger partial charge in [-0.2, -0.15) is 0 Å². The number of ether oxygens (including phenoxy) is 6. The monoisotopic (exact) mass is 1450 g/mol. The molecule has 0 amide bonds. The maximum atomic E-state index is 11.5. The Labute approximate surface area is 627 Å². The van der Waals surface area contributed by atoms with E-state index in [4.69, 9.17) is 28.4 Å². The van der Waals surface area contributed by atoms with Crippen LogP contribution in [0.1, 0.15) is 312 Å². The number of esters is 6. The van der Waals surface area contributed by atoms with Crippen LogP contribution in [0.15, 0.2) is 0 Å². The van der Waals surface area contributed by atoms with Crippen molar-refractivity contribution in [3.05, 3.63) is 0 Å². The van der Waals surface area contributed by atoms with E-state index < -0.39 is 0 Å². The molecule has 0 aliphatic carbocycles. The Bertz CT molecular complexity index is 1860. The number of carbonyl (C=O) groups is 6. The fraction of sp³-hybridized carbons (Fsp3) is 0.928. The van der Waals surface area contributed by atoms with E-state index in [0.29, 0.717) is 78.2 Å². The summed E-state index contributed by atoms with van der Waals surface area (Å²) in [5.74, 6) is -0.242. The minimum absolute atomic E-state index is 0.0250. The summed E-state index contributed by atoms with van der Waals surface area (Å²) in [7, 11) is 6.25. The average molecular weight is 1450 g/mol. The first-order chi connectivity index (χ1) is 48.1. The summed E-state index contributed by atoms with van der Waals surface area (Å²) in [6.07, 6.45) is 25.2. The number of nitrogens with zero attached hydrogens (tertiary/aromatic N) is 6. The highest BCUT2D eigenvalue weighted by molar-refractivity contribution is 5.70. The third kappa shape index (κ3) is 64.7. The van der Waals surface area contributed by atoms with Crippen LogP contribution >= 0.6 is 0 Å². The molecule has 606 valence electrons. The highest BCUT2D eigenvalue weighted by Gasteiger charge is 2.28. The van der Waals surface area contributed by atoms with E-state index in [1.807, 2.05) is 13.8 Å². The minimum Gasteiger partial charge on any atom is -0.460 e. The van der Waals surface area contributed by atoms with Gasteiger partial charge in [0, 0.05) is 38.5 Å². The van der Waals surface area contributed by atoms with Gasteiger partial charge >= 0.3 is 35.8 Å². The molecule has 0 saturated heterocycles. The normalized spacial score (nSPS) is 12.5. The van der Waals surface area contributed by atoms with Crippen molar-refractivity contribution in [2.24, 2.45) is 0 Å². The van der Waals surface area contributed by atoms with Gasteiger partial charge in [0.05, 0.1) is 119 Å². The second kappa shape index (κ2) is 73.5. The molecule has 0 aromatic carbocycles. The summed E-state index contributed by atoms with van der Waals surface area (Å²) in [5, 5.41) is 0. The maximum absolute atomic E-state index is 11.5. The van der Waals surface area contributed by atoms with Crippen molar-refractivity contribution in [3.63, 3.8) is 0 Å². The van der Waals surface area contributed by atoms with E-state index in [9.17, 15) is 28.8 Å². The smallest absolute Gasteiger partial charge is 0.305 e. The molecule has 0 aliphatic heterocycles. The molecule has 0 rings (SSSR count). The SMILES string of the molecule is CCCC(=O)OCC[N+](CC)(CCC)CCC.CCCCC(=O)OCC[N+](C)(C)C.CCCCC(=O)OCC[N+](CC)(CC)CC.CCCCC(=O)OCC[N+](CC)(CCC)CCC.CCCCC(=O)OCC[N+](CC)(CCC)CCCC.CCCC[N+](CC)(CCC)CCOC(=O)CCC. The van der Waals surface area contributed by atoms with Gasteiger partial charge in [0.25, 0.3) is 0 Å². The first kappa shape index (κ1) is 109. The summed E-state index contributed by atoms with van der Waals surface area (Å²) in [6.45, 7) is 72.4. The number of likely N-dealkylation sites (N-methyl/N-ethyl adjacent to an activating group) is 6. The molecule has 0 fully saturated rings. The van der Waals surface area contributed by atoms with Gasteiger partial charge in [0.2, 0.25) is 0 Å². The highest BCUT2D eigenvalue weighted by Crippen LogP contribution is 2.15. The predicted molar refractivity (Wildman–Crippen MR) is 426 cm³/mol. The minimum atomic E-state index is -0.0599. The maximum Gasteiger partial charge on any atom is 0.305 e. The first-order valence-corrected chi connectivity index (χ1v) is 42.1. The summed E-state index contributed by atoms with van der Waals surface area (Å²) in [5.41, 5.74) is 0. The zero-order valence-corrected chi connectivity index (χ0v) is 72.1. The van der Waals surface area contributed by atoms with Crippen LogP contribution < -0.4 is 0 Å². The summed E-state index contributed by atoms with van der Waals surface area (Å²) < 4.78 is 37.9. The van der Waals surface area contributed by atoms with Gasteiger partial charge in [-0.05, 0) is 138 Å². The molecule has 0 bridgehead atoms. The van der Waals surface area contributed by atoms with Gasteiger partial charge in [0.15, 0.2) is 0 Å². The van der Waals surface area contributed by atoms with Gasteiger partial charge in [-0.15, -0.1) is 0 Å². The van der Waals surface area contributed by atoms with Crippen molar-refractivity contribution in [2.75, 3.05) is 198 Å². The topological polar surface area (TPSA) is 158 Å². The van der Waals surface area contributed by atoms with Crippen LogP contribution in [0.3, 0.4) is 0 Å². The van der Waals surface area contributed by atoms with Crippen molar-refractivity contribution in [2.45, 2.75) is 312 Å². The van der Waals surface area contributed by atoms with Gasteiger partial charge in [-0.25, -0.2) is 0 Å². The molecule has 0 aromatic rings. The van der Waals surface area contributed by atoms with E-state index in [0.717, 1.165) is 176 Å². The Morgan fingerprint density at radius 2 is 0.366 bits per heavy atom. The predicted octanol–water partition coefficient (Wildman–Crippen LogP) is 17.5. The molecule has 0 saturated carbocycles. The first-order valence-electron chi connectivity index (χ1n) is 42.1. The molecule has 0 heterocycles. The lowest BCUT2D eigenvalue weighted by atomic mass is 10.2. The molecule has 101 heavy (non-hydrogen) atoms. The second-order valence-corrected chi connectivity index (χ2v) is 29.3. The van der Waals surface area contributed by atoms with Gasteiger partial charge < -0.3 is 55.3 Å². The van der Waals surface area contributed by atoms with Crippen molar-refractivity contribution in [1.29, 1.82) is 0 Å². The van der Waals surface area contributed by atoms with E-state index in [1.54, 1.807) is 0 Å². The van der Waals surface area contributed by atoms with E-state index in [1.165, 1.54) is 117 Å². The number of hydrogen-bond acceptors (Lipinski definition) is 12. The van der Waals surface area contributed by atoms with E-state index in [2.05, 4.69) is 153 Å². The number of quaternary nitrogens is 6. The van der Waals surface area contributed by atoms with Crippen molar-refractivity contribution < 1.29 is 84.1 Å². The quantitative estimate of drug-likeness (QED) is 0.0323. The lowest BCUT2D eigenvalue weighted by molar-refractivity contribution is -0.927. The number of unbranched alkanes of at least 4 members (excludes halogenated alkanes) is 6. The Balaban J connectivity index is -0.000000269. The third-order valence-electron chi connectivity index (χ3n) is 19.9. The van der Waals surface area contributed by atoms with Crippen LogP contribution in [-0.2, 0) is 57.2 Å². The molecule has 18 heteroatoms. The average Bonchev–Trinajstić information content (AvgIpc) is 0.912. The van der Waals surface area contributed by atoms with Crippen molar-refractivity contribution in [1.82, 2.24) is 0 Å². The number of rotatable bonds is 59. The molecule has 2 atom stereocenters. The Morgan fingerprint density at radius 1 is 0.188 bits per heavy atom. The molecule has 0 spiro atoms. The molecule has 0 aliphatic rings. The summed E-state index contributed by atoms with van der Waals surface area (Å²) in [6, 6.07) is 0. The van der Waals surface area contributed by atoms with Crippen LogP contribution in [0.2, 0.25) is 0 Å². The zero-order chi connectivity index (χ0) is 78.2. The lowest BCUT2D eigenvalue weighted by Gasteiger charge is -2.37. The van der Waals surface area contributed by atoms with Gasteiger partial charge in [-0.1, -0.05) is 135 Å². The van der Waals surface area contributed by atoms with E-state index >= 15 is 0 Å². The molecule has 2 unspecified atom stereocenters. The van der Waals surface area contributed by atoms with Crippen LogP contribution in [-0.4, -0.2) is 261 Å². The third-order valence-corrected chi connectivity index (χ3v) is 19.9. The Morgan fingerprint density at radius 3 is 0.535 bits per heavy atom. The van der Waals surface area contributed by atoms with Crippen LogP contribution in [0.5, 0.6) is 0 Å². The van der Waals surface area contributed by atoms with Crippen LogP contribution in [0, 0.1) is 0 Å². The van der Waals surface area contributed by atoms with Gasteiger partial charge in [0.1, 0.15) is 78.9 Å². The standard InChI is InChI=1S/C16H34NO2.2C15H32NO2.C14H30NO2.C13H28NO2.C10H22NO2/c1-5-9-11-16(18)19-15-14-17(8-4,12-7-3)13-10-6-2;1-5-9-10-15(17)18-14-13-16(8-4,11-6-2)12-7-3;1-5-9-12-16(8-4,11-7-3)13-14-18-15(17)10-6-2;1-5-9-14(16)17-13-12-15(8-4,10-6-2)11-7-3;1-5-9-10-13(15)16-12-11-14(6-2,7-3)8-4;1-5-6-7-10(12)13-9-8-11(2,3)4/h5-15H2,1-4H3;2*5-14H2,1-4H3;5-13H2,1-4H3;5-12H2,1-4H3;5-9H2,1-4H3/q6*+1. The molecular formula is C83H178N6O12+6. The number of hydrogen-bond donors (Lipinski definition) is 0. The summed E-state index contributed by atoms with van der Waals surface area (Å²) in [4.78, 5) is 68.0. The Kier molecular flexibility index (Phi) is 79.0.